The molecular weight excluding hydrogens is 202 g/mol. The van der Waals surface area contributed by atoms with E-state index in [0.717, 1.165) is 0 Å². The van der Waals surface area contributed by atoms with Gasteiger partial charge in [0.1, 0.15) is 11.5 Å². The summed E-state index contributed by atoms with van der Waals surface area (Å²) in [5.41, 5.74) is 0. The second-order valence-electron chi connectivity index (χ2n) is 2.59. The van der Waals surface area contributed by atoms with Gasteiger partial charge in [-0.05, 0) is 24.3 Å². The molecule has 0 aliphatic carbocycles. The minimum atomic E-state index is -3.45. The highest BCUT2D eigenvalue weighted by atomic mass is 32.2. The van der Waals surface area contributed by atoms with Gasteiger partial charge in [-0.1, -0.05) is 0 Å². The molecule has 0 saturated heterocycles. The van der Waals surface area contributed by atoms with Crippen molar-refractivity contribution in [3.63, 3.8) is 0 Å². The predicted octanol–water partition coefficient (Wildman–Crippen LogP) is 0.992. The Kier molecular flexibility index (Phi) is 3.10. The van der Waals surface area contributed by atoms with Crippen LogP contribution >= 0.6 is 0 Å². The highest BCUT2D eigenvalue weighted by Crippen LogP contribution is 2.16. The summed E-state index contributed by atoms with van der Waals surface area (Å²) in [7, 11) is -1.95. The van der Waals surface area contributed by atoms with E-state index in [0.29, 0.717) is 5.75 Å². The summed E-state index contributed by atoms with van der Waals surface area (Å²) in [6.07, 6.45) is 0. The molecule has 0 heterocycles. The fourth-order valence-corrected chi connectivity index (χ4v) is 1.84. The van der Waals surface area contributed by atoms with E-state index in [9.17, 15) is 8.42 Å². The van der Waals surface area contributed by atoms with Crippen molar-refractivity contribution >= 4 is 9.84 Å². The molecule has 0 aromatic heterocycles. The molecule has 0 aliphatic rings. The van der Waals surface area contributed by atoms with E-state index in [1.165, 1.54) is 19.2 Å². The highest BCUT2D eigenvalue weighted by molar-refractivity contribution is 7.91. The van der Waals surface area contributed by atoms with Crippen molar-refractivity contribution in [2.24, 2.45) is 0 Å². The lowest BCUT2D eigenvalue weighted by molar-refractivity contribution is 0.414. The number of rotatable bonds is 3. The molecule has 0 aliphatic heterocycles. The van der Waals surface area contributed by atoms with Crippen LogP contribution in [0, 0.1) is 11.3 Å². The summed E-state index contributed by atoms with van der Waals surface area (Å²) in [5.74, 6) is 0.0835. The average molecular weight is 211 g/mol. The van der Waals surface area contributed by atoms with Crippen molar-refractivity contribution in [2.75, 3.05) is 12.9 Å². The lowest BCUT2D eigenvalue weighted by Crippen LogP contribution is -2.04. The van der Waals surface area contributed by atoms with Crippen molar-refractivity contribution < 1.29 is 13.2 Å². The summed E-state index contributed by atoms with van der Waals surface area (Å²) in [4.78, 5) is 0.139. The quantitative estimate of drug-likeness (QED) is 0.747. The number of nitriles is 1. The Morgan fingerprint density at radius 2 is 1.93 bits per heavy atom. The van der Waals surface area contributed by atoms with Gasteiger partial charge >= 0.3 is 0 Å². The summed E-state index contributed by atoms with van der Waals surface area (Å²) in [6, 6.07) is 7.55. The van der Waals surface area contributed by atoms with E-state index < -0.39 is 15.6 Å². The maximum atomic E-state index is 11.4. The number of ether oxygens (including phenoxy) is 1. The van der Waals surface area contributed by atoms with Gasteiger partial charge < -0.3 is 4.74 Å². The largest absolute Gasteiger partial charge is 0.497 e. The van der Waals surface area contributed by atoms with E-state index in [-0.39, 0.29) is 4.90 Å². The molecule has 0 radical (unpaired) electrons. The van der Waals surface area contributed by atoms with Crippen LogP contribution < -0.4 is 4.74 Å². The maximum Gasteiger partial charge on any atom is 0.191 e. The molecule has 0 fully saturated rings. The second-order valence-corrected chi connectivity index (χ2v) is 4.58. The zero-order valence-electron chi connectivity index (χ0n) is 7.60. The number of hydrogen-bond acceptors (Lipinski definition) is 4. The van der Waals surface area contributed by atoms with E-state index in [1.807, 2.05) is 0 Å². The first kappa shape index (κ1) is 10.5. The molecule has 0 N–H and O–H groups in total. The maximum absolute atomic E-state index is 11.4. The van der Waals surface area contributed by atoms with Gasteiger partial charge in [-0.3, -0.25) is 0 Å². The van der Waals surface area contributed by atoms with Gasteiger partial charge in [0.05, 0.1) is 18.1 Å². The molecule has 0 amide bonds. The zero-order valence-corrected chi connectivity index (χ0v) is 8.41. The first-order valence-electron chi connectivity index (χ1n) is 3.84. The normalized spacial score (nSPS) is 10.6. The van der Waals surface area contributed by atoms with Gasteiger partial charge in [-0.15, -0.1) is 0 Å². The first-order valence-corrected chi connectivity index (χ1v) is 5.49. The Morgan fingerprint density at radius 3 is 2.36 bits per heavy atom. The SMILES string of the molecule is COc1ccc(S(=O)(=O)CC#N)cc1. The predicted molar refractivity (Wildman–Crippen MR) is 50.7 cm³/mol. The Balaban J connectivity index is 3.05. The third kappa shape index (κ3) is 2.24. The summed E-state index contributed by atoms with van der Waals surface area (Å²) in [6.45, 7) is 0. The second kappa shape index (κ2) is 4.11. The summed E-state index contributed by atoms with van der Waals surface area (Å²) >= 11 is 0. The van der Waals surface area contributed by atoms with E-state index in [2.05, 4.69) is 0 Å². The van der Waals surface area contributed by atoms with Gasteiger partial charge in [0.25, 0.3) is 0 Å². The van der Waals surface area contributed by atoms with Crippen LogP contribution in [0.5, 0.6) is 5.75 Å². The Bertz CT molecular complexity index is 442. The Labute approximate surface area is 82.7 Å². The molecule has 0 bridgehead atoms. The van der Waals surface area contributed by atoms with Crippen LogP contribution in [-0.4, -0.2) is 21.3 Å². The topological polar surface area (TPSA) is 67.2 Å². The molecule has 14 heavy (non-hydrogen) atoms. The smallest absolute Gasteiger partial charge is 0.191 e. The van der Waals surface area contributed by atoms with Crippen LogP contribution in [0.3, 0.4) is 0 Å². The zero-order chi connectivity index (χ0) is 10.6. The number of benzene rings is 1. The standard InChI is InChI=1S/C9H9NO3S/c1-13-8-2-4-9(5-3-8)14(11,12)7-6-10/h2-5H,7H2,1H3. The van der Waals surface area contributed by atoms with Crippen molar-refractivity contribution in [3.8, 4) is 11.8 Å². The molecule has 0 saturated carbocycles. The minimum Gasteiger partial charge on any atom is -0.497 e. The average Bonchev–Trinajstić information content (AvgIpc) is 2.18. The minimum absolute atomic E-state index is 0.139. The summed E-state index contributed by atoms with van der Waals surface area (Å²) in [5, 5.41) is 8.31. The Morgan fingerprint density at radius 1 is 1.36 bits per heavy atom. The van der Waals surface area contributed by atoms with Crippen LogP contribution in [0.15, 0.2) is 29.2 Å². The molecular formula is C9H9NO3S. The van der Waals surface area contributed by atoms with Crippen LogP contribution in [-0.2, 0) is 9.84 Å². The van der Waals surface area contributed by atoms with E-state index in [4.69, 9.17) is 10.00 Å². The molecule has 74 valence electrons. The van der Waals surface area contributed by atoms with Gasteiger partial charge in [0.15, 0.2) is 9.84 Å². The molecule has 0 spiro atoms. The molecule has 5 heteroatoms. The third-order valence-electron chi connectivity index (χ3n) is 1.67. The van der Waals surface area contributed by atoms with Crippen molar-refractivity contribution in [1.82, 2.24) is 0 Å². The van der Waals surface area contributed by atoms with Crippen LogP contribution in [0.25, 0.3) is 0 Å². The van der Waals surface area contributed by atoms with Gasteiger partial charge in [-0.2, -0.15) is 5.26 Å². The fraction of sp³-hybridized carbons (Fsp3) is 0.222. The van der Waals surface area contributed by atoms with Crippen molar-refractivity contribution in [3.05, 3.63) is 24.3 Å². The number of nitrogens with zero attached hydrogens (tertiary/aromatic N) is 1. The Hall–Kier alpha value is -1.54. The molecule has 1 aromatic carbocycles. The first-order chi connectivity index (χ1) is 6.60. The fourth-order valence-electron chi connectivity index (χ4n) is 0.951. The molecule has 1 rings (SSSR count). The molecule has 1 aromatic rings. The van der Waals surface area contributed by atoms with E-state index in [1.54, 1.807) is 18.2 Å². The van der Waals surface area contributed by atoms with Crippen LogP contribution in [0.2, 0.25) is 0 Å². The molecule has 0 atom stereocenters. The highest BCUT2D eigenvalue weighted by Gasteiger charge is 2.13. The van der Waals surface area contributed by atoms with Crippen molar-refractivity contribution in [1.29, 1.82) is 5.26 Å². The molecule has 4 nitrogen and oxygen atoms in total. The molecule has 0 unspecified atom stereocenters. The van der Waals surface area contributed by atoms with Crippen LogP contribution in [0.4, 0.5) is 0 Å². The number of methoxy groups -OCH3 is 1. The van der Waals surface area contributed by atoms with E-state index >= 15 is 0 Å². The van der Waals surface area contributed by atoms with Gasteiger partial charge in [0, 0.05) is 0 Å². The van der Waals surface area contributed by atoms with Crippen LogP contribution in [0.1, 0.15) is 0 Å². The number of hydrogen-bond donors (Lipinski definition) is 0. The van der Waals surface area contributed by atoms with Crippen molar-refractivity contribution in [2.45, 2.75) is 4.90 Å². The monoisotopic (exact) mass is 211 g/mol. The van der Waals surface area contributed by atoms with Gasteiger partial charge in [0.2, 0.25) is 0 Å². The van der Waals surface area contributed by atoms with Gasteiger partial charge in [-0.25, -0.2) is 8.42 Å². The lowest BCUT2D eigenvalue weighted by Gasteiger charge is -2.01. The summed E-state index contributed by atoms with van der Waals surface area (Å²) < 4.78 is 27.6. The lowest BCUT2D eigenvalue weighted by atomic mass is 10.3. The number of sulfone groups is 1. The third-order valence-corrected chi connectivity index (χ3v) is 3.17.